The van der Waals surface area contributed by atoms with Crippen LogP contribution in [0.1, 0.15) is 26.7 Å². The van der Waals surface area contributed by atoms with Gasteiger partial charge >= 0.3 is 0 Å². The van der Waals surface area contributed by atoms with Crippen LogP contribution in [0.25, 0.3) is 0 Å². The second-order valence-corrected chi connectivity index (χ2v) is 6.90. The lowest BCUT2D eigenvalue weighted by molar-refractivity contribution is 0.278. The first-order chi connectivity index (χ1) is 7.53. The van der Waals surface area contributed by atoms with E-state index >= 15 is 0 Å². The normalized spacial score (nSPS) is 23.9. The molecule has 0 bridgehead atoms. The molecule has 1 saturated heterocycles. The summed E-state index contributed by atoms with van der Waals surface area (Å²) in [6.45, 7) is 7.92. The Morgan fingerprint density at radius 1 is 1.31 bits per heavy atom. The molecule has 1 rings (SSSR count). The van der Waals surface area contributed by atoms with Crippen molar-refractivity contribution < 1.29 is 8.42 Å². The zero-order valence-corrected chi connectivity index (χ0v) is 11.2. The van der Waals surface area contributed by atoms with E-state index in [0.29, 0.717) is 24.1 Å². The third-order valence-electron chi connectivity index (χ3n) is 3.08. The quantitative estimate of drug-likeness (QED) is 0.769. The van der Waals surface area contributed by atoms with E-state index in [1.54, 1.807) is 0 Å². The standard InChI is InChI=1S/C11H24N2O2S/c1-3-12-11(2)5-7-13-6-4-9-16(14,15)10-8-13/h11-12H,3-10H2,1-2H3. The zero-order valence-electron chi connectivity index (χ0n) is 10.4. The Morgan fingerprint density at radius 2 is 2.06 bits per heavy atom. The molecule has 4 nitrogen and oxygen atoms in total. The first-order valence-corrected chi connectivity index (χ1v) is 8.02. The molecule has 5 heteroatoms. The number of rotatable bonds is 5. The molecule has 1 atom stereocenters. The van der Waals surface area contributed by atoms with Gasteiger partial charge in [0.25, 0.3) is 0 Å². The minimum Gasteiger partial charge on any atom is -0.314 e. The summed E-state index contributed by atoms with van der Waals surface area (Å²) in [4.78, 5) is 2.28. The molecule has 0 spiro atoms. The average molecular weight is 248 g/mol. The van der Waals surface area contributed by atoms with Crippen LogP contribution in [-0.4, -0.2) is 57.0 Å². The van der Waals surface area contributed by atoms with E-state index in [-0.39, 0.29) is 0 Å². The number of nitrogens with one attached hydrogen (secondary N) is 1. The van der Waals surface area contributed by atoms with Gasteiger partial charge in [-0.25, -0.2) is 8.42 Å². The van der Waals surface area contributed by atoms with Gasteiger partial charge in [-0.05, 0) is 39.4 Å². The molecule has 1 aliphatic heterocycles. The Hall–Kier alpha value is -0.130. The van der Waals surface area contributed by atoms with Crippen LogP contribution in [0.5, 0.6) is 0 Å². The molecule has 0 amide bonds. The maximum absolute atomic E-state index is 11.4. The van der Waals surface area contributed by atoms with Crippen LogP contribution in [0.2, 0.25) is 0 Å². The average Bonchev–Trinajstić information content (AvgIpc) is 2.37. The highest BCUT2D eigenvalue weighted by molar-refractivity contribution is 7.91. The van der Waals surface area contributed by atoms with Gasteiger partial charge in [0.2, 0.25) is 0 Å². The Labute approximate surface area is 99.3 Å². The highest BCUT2D eigenvalue weighted by Crippen LogP contribution is 2.06. The van der Waals surface area contributed by atoms with Crippen molar-refractivity contribution in [1.29, 1.82) is 0 Å². The van der Waals surface area contributed by atoms with Crippen molar-refractivity contribution in [3.05, 3.63) is 0 Å². The van der Waals surface area contributed by atoms with Crippen molar-refractivity contribution in [1.82, 2.24) is 10.2 Å². The highest BCUT2D eigenvalue weighted by Gasteiger charge is 2.18. The van der Waals surface area contributed by atoms with Crippen molar-refractivity contribution in [2.24, 2.45) is 0 Å². The lowest BCUT2D eigenvalue weighted by atomic mass is 10.2. The predicted octanol–water partition coefficient (Wildman–Crippen LogP) is 0.495. The summed E-state index contributed by atoms with van der Waals surface area (Å²) >= 11 is 0. The van der Waals surface area contributed by atoms with Gasteiger partial charge < -0.3 is 10.2 Å². The molecule has 1 fully saturated rings. The van der Waals surface area contributed by atoms with Gasteiger partial charge in [-0.1, -0.05) is 6.92 Å². The molecular formula is C11H24N2O2S. The lowest BCUT2D eigenvalue weighted by Crippen LogP contribution is -2.34. The molecular weight excluding hydrogens is 224 g/mol. The minimum atomic E-state index is -2.76. The Balaban J connectivity index is 2.28. The monoisotopic (exact) mass is 248 g/mol. The number of nitrogens with zero attached hydrogens (tertiary/aromatic N) is 1. The molecule has 0 aliphatic carbocycles. The number of hydrogen-bond donors (Lipinski definition) is 1. The van der Waals surface area contributed by atoms with Crippen molar-refractivity contribution >= 4 is 9.84 Å². The van der Waals surface area contributed by atoms with Crippen LogP contribution in [0.3, 0.4) is 0 Å². The molecule has 0 aromatic carbocycles. The second-order valence-electron chi connectivity index (χ2n) is 4.59. The number of sulfone groups is 1. The molecule has 1 unspecified atom stereocenters. The lowest BCUT2D eigenvalue weighted by Gasteiger charge is -2.21. The van der Waals surface area contributed by atoms with Crippen LogP contribution in [0.15, 0.2) is 0 Å². The Kier molecular flexibility index (Phi) is 5.72. The van der Waals surface area contributed by atoms with E-state index in [0.717, 1.165) is 32.5 Å². The molecule has 1 aliphatic rings. The van der Waals surface area contributed by atoms with E-state index < -0.39 is 9.84 Å². The Bertz CT molecular complexity index is 290. The molecule has 0 radical (unpaired) electrons. The maximum Gasteiger partial charge on any atom is 0.151 e. The molecule has 0 aromatic rings. The fourth-order valence-electron chi connectivity index (χ4n) is 2.04. The summed E-state index contributed by atoms with van der Waals surface area (Å²) in [6.07, 6.45) is 1.88. The first-order valence-electron chi connectivity index (χ1n) is 6.19. The van der Waals surface area contributed by atoms with Crippen LogP contribution in [0, 0.1) is 0 Å². The summed E-state index contributed by atoms with van der Waals surface area (Å²) in [5.41, 5.74) is 0. The second kappa shape index (κ2) is 6.57. The van der Waals surface area contributed by atoms with Gasteiger partial charge in [-0.2, -0.15) is 0 Å². The van der Waals surface area contributed by atoms with Crippen molar-refractivity contribution in [3.63, 3.8) is 0 Å². The van der Waals surface area contributed by atoms with E-state index in [9.17, 15) is 8.42 Å². The van der Waals surface area contributed by atoms with Gasteiger partial charge in [0.1, 0.15) is 0 Å². The summed E-state index contributed by atoms with van der Waals surface area (Å²) in [6, 6.07) is 0.518. The van der Waals surface area contributed by atoms with Crippen molar-refractivity contribution in [2.75, 3.05) is 37.7 Å². The topological polar surface area (TPSA) is 49.4 Å². The number of hydrogen-bond acceptors (Lipinski definition) is 4. The van der Waals surface area contributed by atoms with E-state index in [1.165, 1.54) is 0 Å². The van der Waals surface area contributed by atoms with E-state index in [1.807, 2.05) is 0 Å². The van der Waals surface area contributed by atoms with E-state index in [4.69, 9.17) is 0 Å². The summed E-state index contributed by atoms with van der Waals surface area (Å²) in [7, 11) is -2.76. The first kappa shape index (κ1) is 13.9. The van der Waals surface area contributed by atoms with Crippen LogP contribution < -0.4 is 5.32 Å². The van der Waals surface area contributed by atoms with Crippen molar-refractivity contribution in [3.8, 4) is 0 Å². The maximum atomic E-state index is 11.4. The summed E-state index contributed by atoms with van der Waals surface area (Å²) in [5.74, 6) is 0.703. The van der Waals surface area contributed by atoms with Gasteiger partial charge in [-0.15, -0.1) is 0 Å². The fourth-order valence-corrected chi connectivity index (χ4v) is 3.35. The minimum absolute atomic E-state index is 0.336. The van der Waals surface area contributed by atoms with Crippen LogP contribution in [0.4, 0.5) is 0 Å². The van der Waals surface area contributed by atoms with Crippen molar-refractivity contribution in [2.45, 2.75) is 32.7 Å². The molecule has 96 valence electrons. The van der Waals surface area contributed by atoms with Crippen LogP contribution >= 0.6 is 0 Å². The summed E-state index contributed by atoms with van der Waals surface area (Å²) < 4.78 is 22.8. The van der Waals surface area contributed by atoms with Gasteiger partial charge in [-0.3, -0.25) is 0 Å². The van der Waals surface area contributed by atoms with Gasteiger partial charge in [0.15, 0.2) is 9.84 Å². The third-order valence-corrected chi connectivity index (χ3v) is 4.79. The SMILES string of the molecule is CCNC(C)CCN1CCCS(=O)(=O)CC1. The molecule has 0 aromatic heterocycles. The zero-order chi connectivity index (χ0) is 12.0. The third kappa shape index (κ3) is 5.27. The predicted molar refractivity (Wildman–Crippen MR) is 67.5 cm³/mol. The van der Waals surface area contributed by atoms with Gasteiger partial charge in [0.05, 0.1) is 11.5 Å². The highest BCUT2D eigenvalue weighted by atomic mass is 32.2. The van der Waals surface area contributed by atoms with E-state index in [2.05, 4.69) is 24.1 Å². The fraction of sp³-hybridized carbons (Fsp3) is 1.00. The smallest absolute Gasteiger partial charge is 0.151 e. The molecule has 1 heterocycles. The van der Waals surface area contributed by atoms with Crippen LogP contribution in [-0.2, 0) is 9.84 Å². The summed E-state index contributed by atoms with van der Waals surface area (Å²) in [5, 5.41) is 3.37. The molecule has 1 N–H and O–H groups in total. The molecule has 16 heavy (non-hydrogen) atoms. The van der Waals surface area contributed by atoms with Gasteiger partial charge in [0, 0.05) is 12.6 Å². The Morgan fingerprint density at radius 3 is 2.75 bits per heavy atom. The largest absolute Gasteiger partial charge is 0.314 e. The molecule has 0 saturated carbocycles.